The SMILES string of the molecule is O=C(O)[C@@H](Nc1ccccc1)c1ccc(Cl)c(Cl)c1. The maximum Gasteiger partial charge on any atom is 0.330 e. The van der Waals surface area contributed by atoms with Gasteiger partial charge in [0, 0.05) is 5.69 Å². The average Bonchev–Trinajstić information content (AvgIpc) is 2.40. The first-order chi connectivity index (χ1) is 9.08. The zero-order valence-electron chi connectivity index (χ0n) is 9.81. The first-order valence-electron chi connectivity index (χ1n) is 5.57. The van der Waals surface area contributed by atoms with E-state index in [2.05, 4.69) is 5.32 Å². The molecule has 3 nitrogen and oxygen atoms in total. The van der Waals surface area contributed by atoms with Crippen molar-refractivity contribution >= 4 is 34.9 Å². The topological polar surface area (TPSA) is 49.3 Å². The first kappa shape index (κ1) is 13.7. The van der Waals surface area contributed by atoms with Crippen LogP contribution in [0, 0.1) is 0 Å². The number of halogens is 2. The molecule has 0 amide bonds. The van der Waals surface area contributed by atoms with Crippen LogP contribution in [0.2, 0.25) is 10.0 Å². The van der Waals surface area contributed by atoms with Gasteiger partial charge in [-0.25, -0.2) is 4.79 Å². The Balaban J connectivity index is 2.30. The number of nitrogens with one attached hydrogen (secondary N) is 1. The molecule has 0 saturated heterocycles. The van der Waals surface area contributed by atoms with Crippen LogP contribution in [-0.2, 0) is 4.79 Å². The monoisotopic (exact) mass is 295 g/mol. The molecular formula is C14H11Cl2NO2. The van der Waals surface area contributed by atoms with Gasteiger partial charge in [0.15, 0.2) is 6.04 Å². The average molecular weight is 296 g/mol. The van der Waals surface area contributed by atoms with Crippen molar-refractivity contribution in [2.45, 2.75) is 6.04 Å². The molecule has 0 fully saturated rings. The highest BCUT2D eigenvalue weighted by Gasteiger charge is 2.20. The lowest BCUT2D eigenvalue weighted by Gasteiger charge is -2.16. The van der Waals surface area contributed by atoms with E-state index in [1.165, 1.54) is 0 Å². The summed E-state index contributed by atoms with van der Waals surface area (Å²) in [6.45, 7) is 0. The molecule has 0 heterocycles. The van der Waals surface area contributed by atoms with Crippen LogP contribution in [0.5, 0.6) is 0 Å². The van der Waals surface area contributed by atoms with E-state index in [0.717, 1.165) is 5.69 Å². The number of rotatable bonds is 4. The molecule has 0 bridgehead atoms. The van der Waals surface area contributed by atoms with Gasteiger partial charge in [0.05, 0.1) is 10.0 Å². The summed E-state index contributed by atoms with van der Waals surface area (Å²) in [4.78, 5) is 11.4. The fourth-order valence-corrected chi connectivity index (χ4v) is 1.99. The van der Waals surface area contributed by atoms with E-state index in [1.807, 2.05) is 18.2 Å². The maximum absolute atomic E-state index is 11.4. The van der Waals surface area contributed by atoms with Gasteiger partial charge < -0.3 is 10.4 Å². The van der Waals surface area contributed by atoms with Gasteiger partial charge in [-0.3, -0.25) is 0 Å². The third kappa shape index (κ3) is 3.40. The molecule has 1 atom stereocenters. The highest BCUT2D eigenvalue weighted by Crippen LogP contribution is 2.27. The molecular weight excluding hydrogens is 285 g/mol. The summed E-state index contributed by atoms with van der Waals surface area (Å²) in [5, 5.41) is 13.0. The molecule has 19 heavy (non-hydrogen) atoms. The molecule has 0 radical (unpaired) electrons. The van der Waals surface area contributed by atoms with Crippen molar-refractivity contribution in [3.8, 4) is 0 Å². The molecule has 98 valence electrons. The van der Waals surface area contributed by atoms with Crippen molar-refractivity contribution < 1.29 is 9.90 Å². The number of hydrogen-bond acceptors (Lipinski definition) is 2. The van der Waals surface area contributed by atoms with E-state index >= 15 is 0 Å². The molecule has 0 spiro atoms. The number of hydrogen-bond donors (Lipinski definition) is 2. The van der Waals surface area contributed by atoms with E-state index < -0.39 is 12.0 Å². The Labute approximate surface area is 120 Å². The lowest BCUT2D eigenvalue weighted by atomic mass is 10.1. The molecule has 2 rings (SSSR count). The Bertz CT molecular complexity index is 587. The lowest BCUT2D eigenvalue weighted by Crippen LogP contribution is -2.20. The quantitative estimate of drug-likeness (QED) is 0.887. The number of benzene rings is 2. The van der Waals surface area contributed by atoms with Crippen LogP contribution in [-0.4, -0.2) is 11.1 Å². The first-order valence-corrected chi connectivity index (χ1v) is 6.33. The highest BCUT2D eigenvalue weighted by molar-refractivity contribution is 6.42. The van der Waals surface area contributed by atoms with Gasteiger partial charge in [-0.05, 0) is 29.8 Å². The number of carboxylic acid groups (broad SMARTS) is 1. The van der Waals surface area contributed by atoms with Gasteiger partial charge in [-0.2, -0.15) is 0 Å². The van der Waals surface area contributed by atoms with Gasteiger partial charge in [0.1, 0.15) is 0 Å². The van der Waals surface area contributed by atoms with E-state index in [9.17, 15) is 9.90 Å². The van der Waals surface area contributed by atoms with E-state index in [1.54, 1.807) is 30.3 Å². The molecule has 2 aromatic carbocycles. The number of anilines is 1. The number of carbonyl (C=O) groups is 1. The van der Waals surface area contributed by atoms with E-state index in [0.29, 0.717) is 15.6 Å². The fourth-order valence-electron chi connectivity index (χ4n) is 1.68. The molecule has 2 aromatic rings. The largest absolute Gasteiger partial charge is 0.479 e. The summed E-state index contributed by atoms with van der Waals surface area (Å²) in [5.41, 5.74) is 1.27. The van der Waals surface area contributed by atoms with Crippen molar-refractivity contribution in [1.29, 1.82) is 0 Å². The zero-order valence-corrected chi connectivity index (χ0v) is 11.3. The van der Waals surface area contributed by atoms with Crippen molar-refractivity contribution in [2.75, 3.05) is 5.32 Å². The zero-order chi connectivity index (χ0) is 13.8. The number of aliphatic carboxylic acids is 1. The van der Waals surface area contributed by atoms with Gasteiger partial charge in [0.25, 0.3) is 0 Å². The van der Waals surface area contributed by atoms with Gasteiger partial charge in [-0.1, -0.05) is 47.5 Å². The minimum atomic E-state index is -0.984. The predicted molar refractivity (Wildman–Crippen MR) is 76.9 cm³/mol. The molecule has 0 saturated carbocycles. The minimum Gasteiger partial charge on any atom is -0.479 e. The maximum atomic E-state index is 11.4. The Kier molecular flexibility index (Phi) is 4.30. The molecule has 0 aliphatic carbocycles. The normalized spacial score (nSPS) is 11.9. The standard InChI is InChI=1S/C14H11Cl2NO2/c15-11-7-6-9(8-12(11)16)13(14(18)19)17-10-4-2-1-3-5-10/h1-8,13,17H,(H,18,19)/t13-/m0/s1. The molecule has 5 heteroatoms. The molecule has 0 unspecified atom stereocenters. The van der Waals surface area contributed by atoms with Crippen molar-refractivity contribution in [2.24, 2.45) is 0 Å². The summed E-state index contributed by atoms with van der Waals surface area (Å²) < 4.78 is 0. The second kappa shape index (κ2) is 5.95. The van der Waals surface area contributed by atoms with Crippen molar-refractivity contribution in [1.82, 2.24) is 0 Å². The summed E-state index contributed by atoms with van der Waals surface area (Å²) in [7, 11) is 0. The van der Waals surface area contributed by atoms with Crippen molar-refractivity contribution in [3.63, 3.8) is 0 Å². The summed E-state index contributed by atoms with van der Waals surface area (Å²) in [6.07, 6.45) is 0. The van der Waals surface area contributed by atoms with Gasteiger partial charge >= 0.3 is 5.97 Å². The smallest absolute Gasteiger partial charge is 0.330 e. The minimum absolute atomic E-state index is 0.334. The van der Waals surface area contributed by atoms with E-state index in [4.69, 9.17) is 23.2 Å². The van der Waals surface area contributed by atoms with Crippen LogP contribution in [0.25, 0.3) is 0 Å². The van der Waals surface area contributed by atoms with Crippen molar-refractivity contribution in [3.05, 3.63) is 64.1 Å². The molecule has 0 aliphatic rings. The summed E-state index contributed by atoms with van der Waals surface area (Å²) in [6, 6.07) is 13.0. The second-order valence-corrected chi connectivity index (χ2v) is 4.77. The summed E-state index contributed by atoms with van der Waals surface area (Å²) in [5.74, 6) is -0.984. The van der Waals surface area contributed by atoms with E-state index in [-0.39, 0.29) is 0 Å². The van der Waals surface area contributed by atoms with Crippen LogP contribution in [0.15, 0.2) is 48.5 Å². The fraction of sp³-hybridized carbons (Fsp3) is 0.0714. The van der Waals surface area contributed by atoms with Crippen LogP contribution >= 0.6 is 23.2 Å². The highest BCUT2D eigenvalue weighted by atomic mass is 35.5. The molecule has 2 N–H and O–H groups in total. The van der Waals surface area contributed by atoms with Crippen LogP contribution in [0.4, 0.5) is 5.69 Å². The Morgan fingerprint density at radius 2 is 1.74 bits per heavy atom. The van der Waals surface area contributed by atoms with Gasteiger partial charge in [-0.15, -0.1) is 0 Å². The Morgan fingerprint density at radius 3 is 2.32 bits per heavy atom. The van der Waals surface area contributed by atoms with Crippen LogP contribution in [0.3, 0.4) is 0 Å². The van der Waals surface area contributed by atoms with Crippen LogP contribution < -0.4 is 5.32 Å². The molecule has 0 aromatic heterocycles. The Morgan fingerprint density at radius 1 is 1.05 bits per heavy atom. The third-order valence-corrected chi connectivity index (χ3v) is 3.35. The second-order valence-electron chi connectivity index (χ2n) is 3.96. The summed E-state index contributed by atoms with van der Waals surface area (Å²) >= 11 is 11.7. The Hall–Kier alpha value is -1.71. The lowest BCUT2D eigenvalue weighted by molar-refractivity contribution is -0.138. The third-order valence-electron chi connectivity index (χ3n) is 2.61. The van der Waals surface area contributed by atoms with Crippen LogP contribution in [0.1, 0.15) is 11.6 Å². The van der Waals surface area contributed by atoms with Gasteiger partial charge in [0.2, 0.25) is 0 Å². The number of para-hydroxylation sites is 1. The predicted octanol–water partition coefficient (Wildman–Crippen LogP) is 4.23. The number of carboxylic acids is 1. The molecule has 0 aliphatic heterocycles.